The predicted octanol–water partition coefficient (Wildman–Crippen LogP) is 2.35. The molecule has 26 heavy (non-hydrogen) atoms. The summed E-state index contributed by atoms with van der Waals surface area (Å²) in [6, 6.07) is 8.37. The average Bonchev–Trinajstić information content (AvgIpc) is 3.11. The molecule has 0 bridgehead atoms. The van der Waals surface area contributed by atoms with Crippen LogP contribution in [-0.2, 0) is 10.2 Å². The van der Waals surface area contributed by atoms with Gasteiger partial charge in [0.25, 0.3) is 5.91 Å². The Bertz CT molecular complexity index is 901. The molecule has 0 radical (unpaired) electrons. The molecule has 3 aromatic rings. The van der Waals surface area contributed by atoms with E-state index in [2.05, 4.69) is 15.3 Å². The van der Waals surface area contributed by atoms with Gasteiger partial charge in [-0.15, -0.1) is 0 Å². The number of hydrogen-bond acceptors (Lipinski definition) is 4. The maximum Gasteiger partial charge on any atom is 0.271 e. The third-order valence-corrected chi connectivity index (χ3v) is 4.94. The van der Waals surface area contributed by atoms with Gasteiger partial charge in [0.15, 0.2) is 0 Å². The summed E-state index contributed by atoms with van der Waals surface area (Å²) in [4.78, 5) is 20.9. The number of fused-ring (bicyclic) bond motifs is 1. The minimum absolute atomic E-state index is 0.266. The van der Waals surface area contributed by atoms with Crippen molar-refractivity contribution in [3.63, 3.8) is 0 Å². The van der Waals surface area contributed by atoms with Crippen LogP contribution < -0.4 is 5.32 Å². The van der Waals surface area contributed by atoms with E-state index in [1.165, 1.54) is 6.07 Å². The molecule has 6 nitrogen and oxygen atoms in total. The van der Waals surface area contributed by atoms with Crippen LogP contribution >= 0.6 is 0 Å². The Balaban J connectivity index is 1.55. The molecule has 2 aromatic heterocycles. The van der Waals surface area contributed by atoms with Gasteiger partial charge in [0, 0.05) is 43.8 Å². The van der Waals surface area contributed by atoms with Gasteiger partial charge in [0.05, 0.1) is 0 Å². The van der Waals surface area contributed by atoms with Gasteiger partial charge >= 0.3 is 0 Å². The van der Waals surface area contributed by atoms with Crippen molar-refractivity contribution in [3.05, 3.63) is 66.0 Å². The zero-order valence-corrected chi connectivity index (χ0v) is 14.2. The lowest BCUT2D eigenvalue weighted by atomic mass is 9.74. The second-order valence-electron chi connectivity index (χ2n) is 6.54. The molecule has 1 aliphatic rings. The van der Waals surface area contributed by atoms with E-state index in [9.17, 15) is 9.18 Å². The van der Waals surface area contributed by atoms with E-state index in [4.69, 9.17) is 4.74 Å². The lowest BCUT2D eigenvalue weighted by Gasteiger charge is -2.37. The molecule has 134 valence electrons. The van der Waals surface area contributed by atoms with Crippen molar-refractivity contribution in [1.82, 2.24) is 19.7 Å². The zero-order valence-electron chi connectivity index (χ0n) is 14.2. The molecule has 0 unspecified atom stereocenters. The number of aromatic nitrogens is 3. The molecular weight excluding hydrogens is 335 g/mol. The minimum Gasteiger partial charge on any atom is -0.381 e. The molecule has 1 amide bonds. The van der Waals surface area contributed by atoms with Gasteiger partial charge in [-0.1, -0.05) is 12.1 Å². The van der Waals surface area contributed by atoms with Crippen LogP contribution in [0.25, 0.3) is 5.78 Å². The molecule has 3 heterocycles. The highest BCUT2D eigenvalue weighted by atomic mass is 19.1. The van der Waals surface area contributed by atoms with Crippen LogP contribution in [-0.4, -0.2) is 40.0 Å². The first-order valence-electron chi connectivity index (χ1n) is 8.58. The van der Waals surface area contributed by atoms with Crippen molar-refractivity contribution >= 4 is 11.7 Å². The molecule has 0 aliphatic carbocycles. The third kappa shape index (κ3) is 3.17. The molecule has 0 spiro atoms. The molecule has 4 rings (SSSR count). The van der Waals surface area contributed by atoms with E-state index in [1.807, 2.05) is 6.07 Å². The van der Waals surface area contributed by atoms with Crippen molar-refractivity contribution < 1.29 is 13.9 Å². The minimum atomic E-state index is -0.340. The molecular formula is C19H19FN4O2. The number of nitrogens with one attached hydrogen (secondary N) is 1. The Morgan fingerprint density at radius 1 is 1.31 bits per heavy atom. The van der Waals surface area contributed by atoms with Crippen LogP contribution in [0.15, 0.2) is 48.9 Å². The quantitative estimate of drug-likeness (QED) is 0.781. The summed E-state index contributed by atoms with van der Waals surface area (Å²) in [5.41, 5.74) is 0.857. The Kier molecular flexibility index (Phi) is 4.38. The van der Waals surface area contributed by atoms with Crippen LogP contribution in [0, 0.1) is 5.82 Å². The van der Waals surface area contributed by atoms with Gasteiger partial charge in [-0.2, -0.15) is 0 Å². The topological polar surface area (TPSA) is 68.5 Å². The first-order chi connectivity index (χ1) is 12.7. The summed E-state index contributed by atoms with van der Waals surface area (Å²) in [5, 5.41) is 2.97. The van der Waals surface area contributed by atoms with E-state index < -0.39 is 0 Å². The normalized spacial score (nSPS) is 16.5. The summed E-state index contributed by atoms with van der Waals surface area (Å²) in [7, 11) is 0. The van der Waals surface area contributed by atoms with Gasteiger partial charge < -0.3 is 10.1 Å². The van der Waals surface area contributed by atoms with Gasteiger partial charge in [0.2, 0.25) is 5.78 Å². The first kappa shape index (κ1) is 16.7. The number of halogens is 1. The maximum absolute atomic E-state index is 13.7. The largest absolute Gasteiger partial charge is 0.381 e. The highest BCUT2D eigenvalue weighted by Gasteiger charge is 2.35. The maximum atomic E-state index is 13.7. The summed E-state index contributed by atoms with van der Waals surface area (Å²) < 4.78 is 20.9. The van der Waals surface area contributed by atoms with Crippen LogP contribution in [0.5, 0.6) is 0 Å². The predicted molar refractivity (Wildman–Crippen MR) is 93.5 cm³/mol. The molecule has 7 heteroatoms. The van der Waals surface area contributed by atoms with Gasteiger partial charge in [-0.3, -0.25) is 9.20 Å². The Labute approximate surface area is 150 Å². The van der Waals surface area contributed by atoms with Crippen LogP contribution in [0.3, 0.4) is 0 Å². The average molecular weight is 354 g/mol. The zero-order chi connectivity index (χ0) is 18.0. The van der Waals surface area contributed by atoms with Crippen molar-refractivity contribution in [3.8, 4) is 0 Å². The first-order valence-corrected chi connectivity index (χ1v) is 8.58. The fourth-order valence-electron chi connectivity index (χ4n) is 3.43. The lowest BCUT2D eigenvalue weighted by Crippen LogP contribution is -2.44. The Morgan fingerprint density at radius 2 is 2.15 bits per heavy atom. The van der Waals surface area contributed by atoms with E-state index in [-0.39, 0.29) is 17.1 Å². The number of ether oxygens (including phenoxy) is 1. The second-order valence-corrected chi connectivity index (χ2v) is 6.54. The number of hydrogen-bond donors (Lipinski definition) is 1. The molecule has 1 aromatic carbocycles. The monoisotopic (exact) mass is 354 g/mol. The number of rotatable bonds is 4. The number of carbonyl (C=O) groups excluding carboxylic acids is 1. The lowest BCUT2D eigenvalue weighted by molar-refractivity contribution is 0.0486. The number of imidazole rings is 1. The van der Waals surface area contributed by atoms with E-state index in [0.29, 0.717) is 31.2 Å². The van der Waals surface area contributed by atoms with E-state index in [1.54, 1.807) is 41.2 Å². The van der Waals surface area contributed by atoms with E-state index >= 15 is 0 Å². The van der Waals surface area contributed by atoms with Crippen molar-refractivity contribution in [2.75, 3.05) is 19.8 Å². The molecule has 1 fully saturated rings. The van der Waals surface area contributed by atoms with E-state index in [0.717, 1.165) is 18.4 Å². The summed E-state index contributed by atoms with van der Waals surface area (Å²) in [6.45, 7) is 1.58. The standard InChI is InChI=1S/C19H19FN4O2/c20-15-4-1-3-14(11-15)19(5-9-26-10-6-19)13-22-17(25)16-12-24-8-2-7-21-18(24)23-16/h1-4,7-8,11-12H,5-6,9-10,13H2,(H,22,25). The highest BCUT2D eigenvalue weighted by molar-refractivity contribution is 5.92. The third-order valence-electron chi connectivity index (χ3n) is 4.94. The number of amides is 1. The molecule has 1 N–H and O–H groups in total. The van der Waals surface area contributed by atoms with Crippen molar-refractivity contribution in [2.45, 2.75) is 18.3 Å². The van der Waals surface area contributed by atoms with Gasteiger partial charge in [0.1, 0.15) is 11.5 Å². The second kappa shape index (κ2) is 6.84. The van der Waals surface area contributed by atoms with Gasteiger partial charge in [-0.25, -0.2) is 14.4 Å². The highest BCUT2D eigenvalue weighted by Crippen LogP contribution is 2.34. The van der Waals surface area contributed by atoms with Crippen molar-refractivity contribution in [1.29, 1.82) is 0 Å². The SMILES string of the molecule is O=C(NCC1(c2cccc(F)c2)CCOCC1)c1cn2cccnc2n1. The Hall–Kier alpha value is -2.80. The summed E-state index contributed by atoms with van der Waals surface area (Å²) >= 11 is 0. The van der Waals surface area contributed by atoms with Crippen LogP contribution in [0.1, 0.15) is 28.9 Å². The smallest absolute Gasteiger partial charge is 0.271 e. The van der Waals surface area contributed by atoms with Crippen LogP contribution in [0.2, 0.25) is 0 Å². The summed E-state index contributed by atoms with van der Waals surface area (Å²) in [6.07, 6.45) is 6.52. The molecule has 0 saturated carbocycles. The Morgan fingerprint density at radius 3 is 2.92 bits per heavy atom. The number of carbonyl (C=O) groups is 1. The van der Waals surface area contributed by atoms with Gasteiger partial charge in [-0.05, 0) is 36.6 Å². The fraction of sp³-hybridized carbons (Fsp3) is 0.316. The number of nitrogens with zero attached hydrogens (tertiary/aromatic N) is 3. The van der Waals surface area contributed by atoms with Crippen LogP contribution in [0.4, 0.5) is 4.39 Å². The molecule has 0 atom stereocenters. The number of benzene rings is 1. The fourth-order valence-corrected chi connectivity index (χ4v) is 3.43. The van der Waals surface area contributed by atoms with Crippen molar-refractivity contribution in [2.24, 2.45) is 0 Å². The summed E-state index contributed by atoms with van der Waals surface area (Å²) in [5.74, 6) is -0.0625. The molecule has 1 aliphatic heterocycles. The molecule has 1 saturated heterocycles.